The van der Waals surface area contributed by atoms with Crippen molar-refractivity contribution in [3.8, 4) is 11.1 Å². The molecule has 0 amide bonds. The van der Waals surface area contributed by atoms with Crippen LogP contribution in [-0.2, 0) is 5.41 Å². The fourth-order valence-corrected chi connectivity index (χ4v) is 17.2. The summed E-state index contributed by atoms with van der Waals surface area (Å²) in [5.41, 5.74) is 18.4. The van der Waals surface area contributed by atoms with Gasteiger partial charge in [-0.1, -0.05) is 170 Å². The Bertz CT molecular complexity index is 3100. The predicted molar refractivity (Wildman–Crippen MR) is 266 cm³/mol. The van der Waals surface area contributed by atoms with Crippen molar-refractivity contribution in [3.05, 3.63) is 194 Å². The van der Waals surface area contributed by atoms with E-state index in [1.165, 1.54) is 113 Å². The number of hydrogen-bond donors (Lipinski definition) is 0. The highest BCUT2D eigenvalue weighted by molar-refractivity contribution is 7.21. The molecule has 5 heteroatoms. The zero-order chi connectivity index (χ0) is 41.4. The molecule has 5 aliphatic rings. The second-order valence-electron chi connectivity index (χ2n) is 18.9. The van der Waals surface area contributed by atoms with Gasteiger partial charge < -0.3 is 14.7 Å². The van der Waals surface area contributed by atoms with Crippen LogP contribution in [0.4, 0.5) is 45.5 Å². The van der Waals surface area contributed by atoms with Crippen LogP contribution in [0.1, 0.15) is 45.1 Å². The molecule has 4 aliphatic heterocycles. The van der Waals surface area contributed by atoms with Crippen LogP contribution in [0.5, 0.6) is 0 Å². The third-order valence-electron chi connectivity index (χ3n) is 16.1. The third-order valence-corrected chi connectivity index (χ3v) is 20.6. The van der Waals surface area contributed by atoms with E-state index in [1.807, 2.05) is 0 Å². The number of para-hydroxylation sites is 2. The van der Waals surface area contributed by atoms with E-state index in [4.69, 9.17) is 0 Å². The highest BCUT2D eigenvalue weighted by Gasteiger charge is 2.59. The molecule has 8 aromatic carbocycles. The average Bonchev–Trinajstić information content (AvgIpc) is 3.54. The van der Waals surface area contributed by atoms with Crippen LogP contribution in [0.2, 0.25) is 6.55 Å². The Morgan fingerprint density at radius 2 is 0.968 bits per heavy atom. The summed E-state index contributed by atoms with van der Waals surface area (Å²) in [7, 11) is -2.52. The lowest BCUT2D eigenvalue weighted by Crippen LogP contribution is -2.83. The van der Waals surface area contributed by atoms with Gasteiger partial charge in [0.15, 0.2) is 0 Å². The van der Waals surface area contributed by atoms with E-state index in [9.17, 15) is 0 Å². The summed E-state index contributed by atoms with van der Waals surface area (Å²) in [6.45, 7) is 7.81. The average molecular weight is 814 g/mol. The first kappa shape index (κ1) is 36.1. The van der Waals surface area contributed by atoms with Crippen LogP contribution >= 0.6 is 0 Å². The molecular weight excluding hydrogens is 766 g/mol. The molecule has 3 unspecified atom stereocenters. The van der Waals surface area contributed by atoms with Crippen molar-refractivity contribution in [3.63, 3.8) is 0 Å². The SMILES string of the molecule is CC12CCCCC1(C)N(c1cc3c4c(c1)N(c1ccc(-c5ccccc5)cc1)c1cccc5c1B4c1c(cccc1[Si]5(C)c1ccccc1)N3c1ccccc1)c1ccccc12. The van der Waals surface area contributed by atoms with Gasteiger partial charge >= 0.3 is 0 Å². The summed E-state index contributed by atoms with van der Waals surface area (Å²) in [5.74, 6) is 0. The van der Waals surface area contributed by atoms with Crippen molar-refractivity contribution in [2.75, 3.05) is 14.7 Å². The minimum Gasteiger partial charge on any atom is -0.334 e. The van der Waals surface area contributed by atoms with Crippen molar-refractivity contribution in [2.45, 2.75) is 57.0 Å². The van der Waals surface area contributed by atoms with Crippen molar-refractivity contribution < 1.29 is 0 Å². The van der Waals surface area contributed by atoms with Gasteiger partial charge in [-0.3, -0.25) is 0 Å². The summed E-state index contributed by atoms with van der Waals surface area (Å²) >= 11 is 0. The Hall–Kier alpha value is -6.56. The van der Waals surface area contributed by atoms with Gasteiger partial charge in [-0.05, 0) is 113 Å². The first-order valence-electron chi connectivity index (χ1n) is 22.6. The van der Waals surface area contributed by atoms with Crippen LogP contribution in [0, 0.1) is 0 Å². The maximum Gasteiger partial charge on any atom is 0.251 e. The van der Waals surface area contributed by atoms with Gasteiger partial charge in [0, 0.05) is 50.9 Å². The number of rotatable bonds is 5. The summed E-state index contributed by atoms with van der Waals surface area (Å²) in [6.07, 6.45) is 4.86. The normalized spacial score (nSPS) is 22.2. The van der Waals surface area contributed by atoms with Crippen molar-refractivity contribution in [1.82, 2.24) is 0 Å². The van der Waals surface area contributed by atoms with E-state index < -0.39 is 8.07 Å². The molecular formula is C57H48BN3Si. The largest absolute Gasteiger partial charge is 0.334 e. The molecule has 0 spiro atoms. The van der Waals surface area contributed by atoms with Crippen LogP contribution in [0.3, 0.4) is 0 Å². The number of anilines is 8. The molecule has 0 N–H and O–H groups in total. The second-order valence-corrected chi connectivity index (χ2v) is 22.8. The number of hydrogen-bond acceptors (Lipinski definition) is 3. The van der Waals surface area contributed by atoms with Crippen molar-refractivity contribution >= 4 is 92.2 Å². The Labute approximate surface area is 367 Å². The molecule has 1 fully saturated rings. The van der Waals surface area contributed by atoms with E-state index in [0.717, 1.165) is 6.42 Å². The zero-order valence-corrected chi connectivity index (χ0v) is 36.6. The van der Waals surface area contributed by atoms with Gasteiger partial charge in [0.25, 0.3) is 6.71 Å². The first-order chi connectivity index (χ1) is 30.4. The molecule has 62 heavy (non-hydrogen) atoms. The third kappa shape index (κ3) is 4.62. The van der Waals surface area contributed by atoms with Crippen molar-refractivity contribution in [1.29, 1.82) is 0 Å². The molecule has 13 rings (SSSR count). The Kier molecular flexibility index (Phi) is 7.56. The Balaban J connectivity index is 1.15. The monoisotopic (exact) mass is 813 g/mol. The maximum atomic E-state index is 2.77. The molecule has 3 nitrogen and oxygen atoms in total. The Morgan fingerprint density at radius 1 is 0.452 bits per heavy atom. The van der Waals surface area contributed by atoms with Crippen LogP contribution < -0.4 is 46.6 Å². The predicted octanol–water partition coefficient (Wildman–Crippen LogP) is 10.6. The fraction of sp³-hybridized carbons (Fsp3) is 0.158. The van der Waals surface area contributed by atoms with Gasteiger partial charge in [0.05, 0.1) is 5.54 Å². The molecule has 298 valence electrons. The van der Waals surface area contributed by atoms with Crippen molar-refractivity contribution in [2.24, 2.45) is 0 Å². The molecule has 0 radical (unpaired) electrons. The van der Waals surface area contributed by atoms with Gasteiger partial charge in [-0.15, -0.1) is 0 Å². The highest BCUT2D eigenvalue weighted by Crippen LogP contribution is 2.61. The van der Waals surface area contributed by atoms with Crippen LogP contribution in [0.25, 0.3) is 11.1 Å². The molecule has 3 atom stereocenters. The van der Waals surface area contributed by atoms with E-state index in [-0.39, 0.29) is 17.7 Å². The lowest BCUT2D eigenvalue weighted by Gasteiger charge is -2.52. The highest BCUT2D eigenvalue weighted by atomic mass is 28.3. The summed E-state index contributed by atoms with van der Waals surface area (Å²) in [4.78, 5) is 8.03. The number of nitrogens with zero attached hydrogens (tertiary/aromatic N) is 3. The van der Waals surface area contributed by atoms with Gasteiger partial charge in [0.2, 0.25) is 0 Å². The molecule has 1 aliphatic carbocycles. The zero-order valence-electron chi connectivity index (χ0n) is 35.6. The Morgan fingerprint density at radius 3 is 1.61 bits per heavy atom. The number of benzene rings is 8. The summed E-state index contributed by atoms with van der Waals surface area (Å²) in [5, 5.41) is 4.50. The minimum atomic E-state index is -2.52. The van der Waals surface area contributed by atoms with Gasteiger partial charge in [0.1, 0.15) is 8.07 Å². The molecule has 8 aromatic rings. The second kappa shape index (κ2) is 13.0. The van der Waals surface area contributed by atoms with E-state index >= 15 is 0 Å². The molecule has 1 saturated carbocycles. The molecule has 4 heterocycles. The quantitative estimate of drug-likeness (QED) is 0.160. The smallest absolute Gasteiger partial charge is 0.251 e. The lowest BCUT2D eigenvalue weighted by atomic mass is 9.33. The summed E-state index contributed by atoms with van der Waals surface area (Å²) in [6, 6.07) is 71.7. The lowest BCUT2D eigenvalue weighted by molar-refractivity contribution is 0.195. The van der Waals surface area contributed by atoms with E-state index in [1.54, 1.807) is 0 Å². The fourth-order valence-electron chi connectivity index (χ4n) is 13.0. The topological polar surface area (TPSA) is 9.72 Å². The van der Waals surface area contributed by atoms with E-state index in [2.05, 4.69) is 223 Å². The van der Waals surface area contributed by atoms with Crippen LogP contribution in [0.15, 0.2) is 188 Å². The van der Waals surface area contributed by atoms with Crippen LogP contribution in [-0.4, -0.2) is 20.3 Å². The molecule has 0 aromatic heterocycles. The first-order valence-corrected chi connectivity index (χ1v) is 25.1. The number of fused-ring (bicyclic) bond motifs is 3. The minimum absolute atomic E-state index is 0.0416. The summed E-state index contributed by atoms with van der Waals surface area (Å²) < 4.78 is 0. The van der Waals surface area contributed by atoms with E-state index in [0.29, 0.717) is 0 Å². The maximum absolute atomic E-state index is 2.77. The van der Waals surface area contributed by atoms with Gasteiger partial charge in [-0.25, -0.2) is 0 Å². The molecule has 0 saturated heterocycles. The molecule has 0 bridgehead atoms. The standard InChI is InChI=1S/C57H48BN3Si/c1-56-35-15-16-36-57(56,2)61(46-26-14-13-25-45(46)56)43-37-49-53-50(38-43)60(42-33-31-40(32-34-42)39-19-7-4-8-20-39)48-28-18-30-52-55(48)58(53)54-47(59(49)41-21-9-5-10-22-41)27-17-29-51(54)62(52,3)44-23-11-6-12-24-44/h4-14,17-34,37-38H,15-16,35-36H2,1-3H3. The van der Waals surface area contributed by atoms with Gasteiger partial charge in [-0.2, -0.15) is 0 Å².